The van der Waals surface area contributed by atoms with Gasteiger partial charge >= 0.3 is 0 Å². The Kier molecular flexibility index (Phi) is 5.58. The van der Waals surface area contributed by atoms with Gasteiger partial charge in [-0.15, -0.1) is 0 Å². The number of nitrogens with one attached hydrogen (secondary N) is 2. The van der Waals surface area contributed by atoms with E-state index >= 15 is 0 Å². The van der Waals surface area contributed by atoms with Crippen LogP contribution in [0, 0.1) is 0 Å². The molecule has 0 spiro atoms. The first kappa shape index (κ1) is 14.4. The summed E-state index contributed by atoms with van der Waals surface area (Å²) in [6.07, 6.45) is 6.69. The fourth-order valence-electron chi connectivity index (χ4n) is 1.72. The van der Waals surface area contributed by atoms with Crippen LogP contribution in [0.3, 0.4) is 0 Å². The van der Waals surface area contributed by atoms with Crippen LogP contribution in [0.2, 0.25) is 0 Å². The van der Waals surface area contributed by atoms with Gasteiger partial charge in [0.15, 0.2) is 0 Å². The molecule has 5 heteroatoms. The third-order valence-corrected chi connectivity index (χ3v) is 2.64. The Morgan fingerprint density at radius 1 is 1.56 bits per heavy atom. The zero-order valence-electron chi connectivity index (χ0n) is 11.0. The van der Waals surface area contributed by atoms with E-state index in [-0.39, 0.29) is 24.5 Å². The summed E-state index contributed by atoms with van der Waals surface area (Å²) >= 11 is 0. The van der Waals surface area contributed by atoms with Crippen molar-refractivity contribution in [1.29, 1.82) is 0 Å². The van der Waals surface area contributed by atoms with Crippen molar-refractivity contribution < 1.29 is 14.3 Å². The Balaban J connectivity index is 2.38. The zero-order valence-corrected chi connectivity index (χ0v) is 11.0. The molecule has 1 aliphatic carbocycles. The van der Waals surface area contributed by atoms with Crippen molar-refractivity contribution in [2.45, 2.75) is 32.4 Å². The van der Waals surface area contributed by atoms with Gasteiger partial charge in [-0.25, -0.2) is 0 Å². The highest BCUT2D eigenvalue weighted by molar-refractivity contribution is 5.87. The SMILES string of the molecule is COCC(=O)N[C@@H](C)C(=O)N[C@@H]1C=CC=C(C)C1. The van der Waals surface area contributed by atoms with Gasteiger partial charge < -0.3 is 15.4 Å². The Morgan fingerprint density at radius 3 is 2.89 bits per heavy atom. The molecule has 1 aliphatic rings. The molecule has 18 heavy (non-hydrogen) atoms. The van der Waals surface area contributed by atoms with E-state index in [1.54, 1.807) is 6.92 Å². The van der Waals surface area contributed by atoms with Gasteiger partial charge in [-0.1, -0.05) is 23.8 Å². The maximum atomic E-state index is 11.8. The molecule has 5 nitrogen and oxygen atoms in total. The molecule has 0 unspecified atom stereocenters. The Bertz CT molecular complexity index is 374. The minimum Gasteiger partial charge on any atom is -0.375 e. The fourth-order valence-corrected chi connectivity index (χ4v) is 1.72. The van der Waals surface area contributed by atoms with Crippen molar-refractivity contribution in [2.75, 3.05) is 13.7 Å². The molecule has 2 atom stereocenters. The highest BCUT2D eigenvalue weighted by Gasteiger charge is 2.18. The summed E-state index contributed by atoms with van der Waals surface area (Å²) in [6.45, 7) is 3.63. The van der Waals surface area contributed by atoms with E-state index in [2.05, 4.69) is 15.4 Å². The molecule has 0 bridgehead atoms. The molecule has 0 fully saturated rings. The van der Waals surface area contributed by atoms with Crippen LogP contribution in [-0.4, -0.2) is 37.6 Å². The standard InChI is InChI=1S/C13H20N2O3/c1-9-5-4-6-11(7-9)15-13(17)10(2)14-12(16)8-18-3/h4-6,10-11H,7-8H2,1-3H3,(H,14,16)(H,15,17)/t10-,11+/m0/s1. The van der Waals surface area contributed by atoms with Gasteiger partial charge in [0, 0.05) is 7.11 Å². The Morgan fingerprint density at radius 2 is 2.28 bits per heavy atom. The summed E-state index contributed by atoms with van der Waals surface area (Å²) in [5, 5.41) is 5.44. The molecule has 1 rings (SSSR count). The molecular weight excluding hydrogens is 232 g/mol. The normalized spacial score (nSPS) is 19.9. The van der Waals surface area contributed by atoms with Crippen LogP contribution in [0.4, 0.5) is 0 Å². The maximum absolute atomic E-state index is 11.8. The summed E-state index contributed by atoms with van der Waals surface area (Å²) in [7, 11) is 1.44. The number of rotatable bonds is 5. The average molecular weight is 252 g/mol. The van der Waals surface area contributed by atoms with Gasteiger partial charge in [-0.3, -0.25) is 9.59 Å². The van der Waals surface area contributed by atoms with Gasteiger partial charge in [-0.05, 0) is 20.3 Å². The molecule has 0 aliphatic heterocycles. The van der Waals surface area contributed by atoms with Crippen molar-refractivity contribution in [3.63, 3.8) is 0 Å². The maximum Gasteiger partial charge on any atom is 0.246 e. The van der Waals surface area contributed by atoms with E-state index < -0.39 is 6.04 Å². The molecule has 100 valence electrons. The van der Waals surface area contributed by atoms with Crippen molar-refractivity contribution in [1.82, 2.24) is 10.6 Å². The van der Waals surface area contributed by atoms with E-state index in [1.807, 2.05) is 25.2 Å². The number of hydrogen-bond donors (Lipinski definition) is 2. The molecule has 0 radical (unpaired) electrons. The Labute approximate surface area is 107 Å². The number of allylic oxidation sites excluding steroid dienone is 2. The number of carbonyl (C=O) groups excluding carboxylic acids is 2. The van der Waals surface area contributed by atoms with Crippen molar-refractivity contribution in [3.8, 4) is 0 Å². The molecule has 0 saturated carbocycles. The molecular formula is C13H20N2O3. The smallest absolute Gasteiger partial charge is 0.246 e. The first-order valence-corrected chi connectivity index (χ1v) is 5.95. The lowest BCUT2D eigenvalue weighted by atomic mass is 10.0. The summed E-state index contributed by atoms with van der Waals surface area (Å²) in [5.41, 5.74) is 1.22. The Hall–Kier alpha value is -1.62. The van der Waals surface area contributed by atoms with E-state index in [0.29, 0.717) is 0 Å². The van der Waals surface area contributed by atoms with Gasteiger partial charge in [0.2, 0.25) is 11.8 Å². The monoisotopic (exact) mass is 252 g/mol. The van der Waals surface area contributed by atoms with Crippen LogP contribution >= 0.6 is 0 Å². The van der Waals surface area contributed by atoms with Crippen molar-refractivity contribution in [2.24, 2.45) is 0 Å². The lowest BCUT2D eigenvalue weighted by Crippen LogP contribution is -2.48. The summed E-state index contributed by atoms with van der Waals surface area (Å²) < 4.78 is 4.69. The number of methoxy groups -OCH3 is 1. The minimum atomic E-state index is -0.563. The van der Waals surface area contributed by atoms with Crippen molar-refractivity contribution >= 4 is 11.8 Å². The van der Waals surface area contributed by atoms with Crippen molar-refractivity contribution in [3.05, 3.63) is 23.8 Å². The number of ether oxygens (including phenoxy) is 1. The largest absolute Gasteiger partial charge is 0.375 e. The second-order valence-electron chi connectivity index (χ2n) is 4.44. The molecule has 2 N–H and O–H groups in total. The highest BCUT2D eigenvalue weighted by atomic mass is 16.5. The first-order chi connectivity index (χ1) is 8.52. The average Bonchev–Trinajstić information content (AvgIpc) is 2.29. The first-order valence-electron chi connectivity index (χ1n) is 5.95. The molecule has 2 amide bonds. The number of carbonyl (C=O) groups is 2. The van der Waals surface area contributed by atoms with Gasteiger partial charge in [0.25, 0.3) is 0 Å². The van der Waals surface area contributed by atoms with Crippen LogP contribution in [0.5, 0.6) is 0 Å². The summed E-state index contributed by atoms with van der Waals surface area (Å²) in [6, 6.07) is -0.559. The number of hydrogen-bond acceptors (Lipinski definition) is 3. The van der Waals surface area contributed by atoms with Crippen LogP contribution in [-0.2, 0) is 14.3 Å². The van der Waals surface area contributed by atoms with Gasteiger partial charge in [-0.2, -0.15) is 0 Å². The molecule has 0 aromatic rings. The molecule has 0 saturated heterocycles. The highest BCUT2D eigenvalue weighted by Crippen LogP contribution is 2.11. The zero-order chi connectivity index (χ0) is 13.5. The van der Waals surface area contributed by atoms with Gasteiger partial charge in [0.05, 0.1) is 6.04 Å². The van der Waals surface area contributed by atoms with Crippen LogP contribution in [0.25, 0.3) is 0 Å². The minimum absolute atomic E-state index is 0.00396. The predicted molar refractivity (Wildman–Crippen MR) is 68.9 cm³/mol. The topological polar surface area (TPSA) is 67.4 Å². The van der Waals surface area contributed by atoms with Gasteiger partial charge in [0.1, 0.15) is 12.6 Å². The lowest BCUT2D eigenvalue weighted by molar-refractivity contribution is -0.130. The van der Waals surface area contributed by atoms with Crippen LogP contribution in [0.15, 0.2) is 23.8 Å². The molecule has 0 aromatic carbocycles. The predicted octanol–water partition coefficient (Wildman–Crippen LogP) is 0.529. The lowest BCUT2D eigenvalue weighted by Gasteiger charge is -2.21. The van der Waals surface area contributed by atoms with E-state index in [9.17, 15) is 9.59 Å². The van der Waals surface area contributed by atoms with E-state index in [0.717, 1.165) is 6.42 Å². The number of amides is 2. The fraction of sp³-hybridized carbons (Fsp3) is 0.538. The quantitative estimate of drug-likeness (QED) is 0.750. The third kappa shape index (κ3) is 4.71. The van der Waals surface area contributed by atoms with E-state index in [1.165, 1.54) is 12.7 Å². The van der Waals surface area contributed by atoms with E-state index in [4.69, 9.17) is 0 Å². The molecule has 0 heterocycles. The summed E-state index contributed by atoms with van der Waals surface area (Å²) in [5.74, 6) is -0.487. The van der Waals surface area contributed by atoms with Crippen LogP contribution in [0.1, 0.15) is 20.3 Å². The van der Waals surface area contributed by atoms with Crippen LogP contribution < -0.4 is 10.6 Å². The third-order valence-electron chi connectivity index (χ3n) is 2.64. The molecule has 0 aromatic heterocycles. The summed E-state index contributed by atoms with van der Waals surface area (Å²) in [4.78, 5) is 23.1. The second kappa shape index (κ2) is 6.96. The second-order valence-corrected chi connectivity index (χ2v) is 4.44.